The van der Waals surface area contributed by atoms with Gasteiger partial charge in [-0.3, -0.25) is 9.20 Å². The highest BCUT2D eigenvalue weighted by Gasteiger charge is 2.23. The number of amides is 1. The van der Waals surface area contributed by atoms with Crippen molar-refractivity contribution in [2.24, 2.45) is 0 Å². The van der Waals surface area contributed by atoms with Crippen LogP contribution in [0.5, 0.6) is 5.75 Å². The zero-order valence-corrected chi connectivity index (χ0v) is 19.0. The lowest BCUT2D eigenvalue weighted by atomic mass is 10.1. The zero-order chi connectivity index (χ0) is 22.0. The van der Waals surface area contributed by atoms with E-state index in [1.54, 1.807) is 0 Å². The van der Waals surface area contributed by atoms with E-state index in [2.05, 4.69) is 52.0 Å². The van der Waals surface area contributed by atoms with Crippen molar-refractivity contribution < 1.29 is 9.53 Å². The maximum atomic E-state index is 13.1. The van der Waals surface area contributed by atoms with E-state index in [0.717, 1.165) is 32.8 Å². The number of anilines is 1. The molecule has 6 nitrogen and oxygen atoms in total. The molecule has 0 saturated carbocycles. The van der Waals surface area contributed by atoms with Gasteiger partial charge in [0.05, 0.1) is 23.1 Å². The van der Waals surface area contributed by atoms with Crippen LogP contribution in [-0.2, 0) is 4.79 Å². The molecule has 2 heterocycles. The van der Waals surface area contributed by atoms with Crippen molar-refractivity contribution >= 4 is 39.9 Å². The Bertz CT molecular complexity index is 1250. The van der Waals surface area contributed by atoms with E-state index in [1.165, 1.54) is 11.8 Å². The van der Waals surface area contributed by atoms with Crippen LogP contribution in [-0.4, -0.2) is 32.4 Å². The Morgan fingerprint density at radius 1 is 1.10 bits per heavy atom. The summed E-state index contributed by atoms with van der Waals surface area (Å²) in [5.41, 5.74) is 4.86. The van der Waals surface area contributed by atoms with E-state index in [4.69, 9.17) is 4.74 Å². The molecule has 0 saturated heterocycles. The minimum absolute atomic E-state index is 0.0791. The number of ether oxygens (including phenoxy) is 1. The van der Waals surface area contributed by atoms with Gasteiger partial charge < -0.3 is 10.1 Å². The second kappa shape index (κ2) is 8.98. The van der Waals surface area contributed by atoms with Crippen molar-refractivity contribution in [3.63, 3.8) is 0 Å². The van der Waals surface area contributed by atoms with Crippen LogP contribution >= 0.6 is 11.8 Å². The molecule has 7 heteroatoms. The number of para-hydroxylation sites is 3. The standard InChI is InChI=1S/C24H26N4O2S/c1-5-20(23(29)25-18-12-7-8-13-19(18)30-6-2)31-24-27-26-21-14-16(4)17-11-9-10-15(3)22(17)28(21)24/h7-14,20H,5-6H2,1-4H3,(H,25,29). The molecule has 1 N–H and O–H groups in total. The van der Waals surface area contributed by atoms with Gasteiger partial charge in [-0.1, -0.05) is 49.0 Å². The molecule has 4 aromatic rings. The predicted octanol–water partition coefficient (Wildman–Crippen LogP) is 5.41. The maximum absolute atomic E-state index is 13.1. The second-order valence-corrected chi connectivity index (χ2v) is 8.58. The molecule has 0 spiro atoms. The van der Waals surface area contributed by atoms with Gasteiger partial charge in [-0.15, -0.1) is 10.2 Å². The molecule has 1 unspecified atom stereocenters. The SMILES string of the molecule is CCOc1ccccc1NC(=O)C(CC)Sc1nnc2cc(C)c3cccc(C)c3n12. The van der Waals surface area contributed by atoms with Crippen molar-refractivity contribution in [2.45, 2.75) is 44.5 Å². The first-order valence-electron chi connectivity index (χ1n) is 10.5. The summed E-state index contributed by atoms with van der Waals surface area (Å²) in [4.78, 5) is 13.1. The van der Waals surface area contributed by atoms with Crippen LogP contribution < -0.4 is 10.1 Å². The summed E-state index contributed by atoms with van der Waals surface area (Å²) in [6.07, 6.45) is 0.658. The fourth-order valence-electron chi connectivity index (χ4n) is 3.72. The topological polar surface area (TPSA) is 68.5 Å². The number of nitrogens with one attached hydrogen (secondary N) is 1. The van der Waals surface area contributed by atoms with Gasteiger partial charge in [-0.2, -0.15) is 0 Å². The number of rotatable bonds is 7. The van der Waals surface area contributed by atoms with Gasteiger partial charge in [0.1, 0.15) is 5.75 Å². The molecular formula is C24H26N4O2S. The van der Waals surface area contributed by atoms with E-state index in [-0.39, 0.29) is 11.2 Å². The zero-order valence-electron chi connectivity index (χ0n) is 18.2. The summed E-state index contributed by atoms with van der Waals surface area (Å²) >= 11 is 1.44. The van der Waals surface area contributed by atoms with E-state index in [0.29, 0.717) is 24.5 Å². The normalized spacial score (nSPS) is 12.3. The number of hydrogen-bond donors (Lipinski definition) is 1. The summed E-state index contributed by atoms with van der Waals surface area (Å²) < 4.78 is 7.70. The van der Waals surface area contributed by atoms with Crippen molar-refractivity contribution in [1.29, 1.82) is 0 Å². The Hall–Kier alpha value is -3.06. The highest BCUT2D eigenvalue weighted by atomic mass is 32.2. The number of carbonyl (C=O) groups excluding carboxylic acids is 1. The number of pyridine rings is 1. The molecule has 1 atom stereocenters. The highest BCUT2D eigenvalue weighted by molar-refractivity contribution is 8.00. The van der Waals surface area contributed by atoms with Crippen LogP contribution in [0, 0.1) is 13.8 Å². The van der Waals surface area contributed by atoms with E-state index >= 15 is 0 Å². The van der Waals surface area contributed by atoms with Crippen LogP contribution in [0.3, 0.4) is 0 Å². The Morgan fingerprint density at radius 2 is 1.90 bits per heavy atom. The first-order valence-corrected chi connectivity index (χ1v) is 11.3. The summed E-state index contributed by atoms with van der Waals surface area (Å²) in [7, 11) is 0. The number of benzene rings is 2. The van der Waals surface area contributed by atoms with Crippen LogP contribution in [0.4, 0.5) is 5.69 Å². The average molecular weight is 435 g/mol. The van der Waals surface area contributed by atoms with E-state index < -0.39 is 0 Å². The number of hydrogen-bond acceptors (Lipinski definition) is 5. The molecule has 0 fully saturated rings. The largest absolute Gasteiger partial charge is 0.492 e. The first-order chi connectivity index (χ1) is 15.0. The number of aryl methyl sites for hydroxylation is 2. The van der Waals surface area contributed by atoms with Gasteiger partial charge in [0.15, 0.2) is 10.8 Å². The third-order valence-corrected chi connectivity index (χ3v) is 6.55. The van der Waals surface area contributed by atoms with Crippen molar-refractivity contribution in [2.75, 3.05) is 11.9 Å². The lowest BCUT2D eigenvalue weighted by Crippen LogP contribution is -2.25. The monoisotopic (exact) mass is 434 g/mol. The fraction of sp³-hybridized carbons (Fsp3) is 0.292. The quantitative estimate of drug-likeness (QED) is 0.394. The lowest BCUT2D eigenvalue weighted by molar-refractivity contribution is -0.115. The molecule has 0 radical (unpaired) electrons. The van der Waals surface area contributed by atoms with Crippen LogP contribution in [0.15, 0.2) is 53.7 Å². The Kier molecular flexibility index (Phi) is 6.13. The summed E-state index contributed by atoms with van der Waals surface area (Å²) in [6, 6.07) is 15.8. The number of thioether (sulfide) groups is 1. The molecule has 1 amide bonds. The molecule has 0 aliphatic carbocycles. The average Bonchev–Trinajstić information content (AvgIpc) is 3.16. The van der Waals surface area contributed by atoms with Gasteiger partial charge in [0.2, 0.25) is 5.91 Å². The molecular weight excluding hydrogens is 408 g/mol. The van der Waals surface area contributed by atoms with E-state index in [9.17, 15) is 4.79 Å². The number of nitrogens with zero attached hydrogens (tertiary/aromatic N) is 3. The maximum Gasteiger partial charge on any atom is 0.238 e. The van der Waals surface area contributed by atoms with Crippen molar-refractivity contribution in [1.82, 2.24) is 14.6 Å². The predicted molar refractivity (Wildman–Crippen MR) is 126 cm³/mol. The van der Waals surface area contributed by atoms with Crippen LogP contribution in [0.2, 0.25) is 0 Å². The van der Waals surface area contributed by atoms with Crippen LogP contribution in [0.1, 0.15) is 31.4 Å². The third kappa shape index (κ3) is 4.10. The minimum atomic E-state index is -0.317. The molecule has 0 aliphatic rings. The minimum Gasteiger partial charge on any atom is -0.492 e. The smallest absolute Gasteiger partial charge is 0.238 e. The molecule has 2 aromatic heterocycles. The van der Waals surface area contributed by atoms with Crippen molar-refractivity contribution in [3.8, 4) is 5.75 Å². The molecule has 4 rings (SSSR count). The Labute approximate surface area is 186 Å². The fourth-order valence-corrected chi connectivity index (χ4v) is 4.69. The lowest BCUT2D eigenvalue weighted by Gasteiger charge is -2.16. The van der Waals surface area contributed by atoms with Gasteiger partial charge in [0, 0.05) is 5.39 Å². The molecule has 160 valence electrons. The van der Waals surface area contributed by atoms with Gasteiger partial charge in [-0.05, 0) is 56.5 Å². The molecule has 0 bridgehead atoms. The van der Waals surface area contributed by atoms with Crippen LogP contribution in [0.25, 0.3) is 16.6 Å². The Balaban J connectivity index is 1.67. The summed E-state index contributed by atoms with van der Waals surface area (Å²) in [5, 5.41) is 13.4. The second-order valence-electron chi connectivity index (χ2n) is 7.41. The third-order valence-electron chi connectivity index (χ3n) is 5.25. The Morgan fingerprint density at radius 3 is 2.68 bits per heavy atom. The molecule has 0 aliphatic heterocycles. The molecule has 2 aromatic carbocycles. The highest BCUT2D eigenvalue weighted by Crippen LogP contribution is 2.32. The molecule has 31 heavy (non-hydrogen) atoms. The number of carbonyl (C=O) groups is 1. The van der Waals surface area contributed by atoms with E-state index in [1.807, 2.05) is 44.2 Å². The number of fused-ring (bicyclic) bond motifs is 3. The number of aromatic nitrogens is 3. The summed E-state index contributed by atoms with van der Waals surface area (Å²) in [6.45, 7) is 8.64. The first kappa shape index (κ1) is 21.2. The van der Waals surface area contributed by atoms with Gasteiger partial charge in [0.25, 0.3) is 0 Å². The van der Waals surface area contributed by atoms with Gasteiger partial charge >= 0.3 is 0 Å². The van der Waals surface area contributed by atoms with Gasteiger partial charge in [-0.25, -0.2) is 0 Å². The van der Waals surface area contributed by atoms with Crippen molar-refractivity contribution in [3.05, 3.63) is 59.7 Å². The summed E-state index contributed by atoms with van der Waals surface area (Å²) in [5.74, 6) is 0.591.